The number of hydrogen-bond donors (Lipinski definition) is 1. The van der Waals surface area contributed by atoms with Crippen LogP contribution in [0.3, 0.4) is 0 Å². The summed E-state index contributed by atoms with van der Waals surface area (Å²) >= 11 is 1.16. The SMILES string of the molecule is CCC(C)(C)NC(=O)CSc1nnc([C@H]2CCS(=O)(=O)C2)o1. The molecule has 2 rings (SSSR count). The summed E-state index contributed by atoms with van der Waals surface area (Å²) in [7, 11) is -2.98. The van der Waals surface area contributed by atoms with E-state index in [1.165, 1.54) is 0 Å². The lowest BCUT2D eigenvalue weighted by molar-refractivity contribution is -0.120. The highest BCUT2D eigenvalue weighted by atomic mass is 32.2. The molecule has 1 aromatic rings. The summed E-state index contributed by atoms with van der Waals surface area (Å²) in [5, 5.41) is 11.0. The topological polar surface area (TPSA) is 102 Å². The Hall–Kier alpha value is -1.09. The van der Waals surface area contributed by atoms with E-state index in [4.69, 9.17) is 4.42 Å². The number of nitrogens with one attached hydrogen (secondary N) is 1. The fourth-order valence-electron chi connectivity index (χ4n) is 2.06. The van der Waals surface area contributed by atoms with E-state index in [1.54, 1.807) is 0 Å². The summed E-state index contributed by atoms with van der Waals surface area (Å²) in [4.78, 5) is 11.8. The molecule has 22 heavy (non-hydrogen) atoms. The number of nitrogens with zero attached hydrogens (tertiary/aromatic N) is 2. The molecule has 9 heteroatoms. The Morgan fingerprint density at radius 2 is 2.18 bits per heavy atom. The molecular weight excluding hydrogens is 326 g/mol. The average molecular weight is 347 g/mol. The van der Waals surface area contributed by atoms with Crippen LogP contribution in [0, 0.1) is 0 Å². The molecule has 0 saturated carbocycles. The van der Waals surface area contributed by atoms with Gasteiger partial charge in [0.25, 0.3) is 5.22 Å². The molecule has 1 fully saturated rings. The van der Waals surface area contributed by atoms with Gasteiger partial charge < -0.3 is 9.73 Å². The lowest BCUT2D eigenvalue weighted by Crippen LogP contribution is -2.43. The largest absolute Gasteiger partial charge is 0.416 e. The molecule has 1 amide bonds. The van der Waals surface area contributed by atoms with Crippen molar-refractivity contribution in [2.75, 3.05) is 17.3 Å². The van der Waals surface area contributed by atoms with Gasteiger partial charge in [0.05, 0.1) is 23.2 Å². The summed E-state index contributed by atoms with van der Waals surface area (Å²) in [6, 6.07) is 0. The number of sulfone groups is 1. The highest BCUT2D eigenvalue weighted by Gasteiger charge is 2.32. The van der Waals surface area contributed by atoms with Crippen LogP contribution < -0.4 is 5.32 Å². The Morgan fingerprint density at radius 3 is 2.77 bits per heavy atom. The van der Waals surface area contributed by atoms with Gasteiger partial charge in [-0.1, -0.05) is 18.7 Å². The van der Waals surface area contributed by atoms with Crippen molar-refractivity contribution in [3.05, 3.63) is 5.89 Å². The van der Waals surface area contributed by atoms with Crippen LogP contribution >= 0.6 is 11.8 Å². The molecule has 0 aromatic carbocycles. The highest BCUT2D eigenvalue weighted by molar-refractivity contribution is 7.99. The predicted molar refractivity (Wildman–Crippen MR) is 83.5 cm³/mol. The van der Waals surface area contributed by atoms with Gasteiger partial charge in [0, 0.05) is 5.54 Å². The van der Waals surface area contributed by atoms with Gasteiger partial charge in [0.2, 0.25) is 11.8 Å². The Balaban J connectivity index is 1.87. The van der Waals surface area contributed by atoms with Crippen molar-refractivity contribution in [2.45, 2.75) is 50.3 Å². The normalized spacial score (nSPS) is 21.0. The Kier molecular flexibility index (Phi) is 5.16. The quantitative estimate of drug-likeness (QED) is 0.775. The van der Waals surface area contributed by atoms with Crippen molar-refractivity contribution in [1.82, 2.24) is 15.5 Å². The monoisotopic (exact) mass is 347 g/mol. The van der Waals surface area contributed by atoms with Crippen LogP contribution in [0.5, 0.6) is 0 Å². The van der Waals surface area contributed by atoms with Gasteiger partial charge in [0.15, 0.2) is 9.84 Å². The standard InChI is InChI=1S/C13H21N3O4S2/c1-4-13(2,3)14-10(17)7-21-12-16-15-11(20-12)9-5-6-22(18,19)8-9/h9H,4-8H2,1-3H3,(H,14,17)/t9-/m0/s1. The zero-order valence-electron chi connectivity index (χ0n) is 13.0. The van der Waals surface area contributed by atoms with E-state index in [1.807, 2.05) is 20.8 Å². The summed E-state index contributed by atoms with van der Waals surface area (Å²) in [6.07, 6.45) is 1.35. The van der Waals surface area contributed by atoms with Crippen LogP contribution in [0.1, 0.15) is 45.4 Å². The van der Waals surface area contributed by atoms with Crippen molar-refractivity contribution < 1.29 is 17.6 Å². The molecule has 0 spiro atoms. The number of aromatic nitrogens is 2. The predicted octanol–water partition coefficient (Wildman–Crippen LogP) is 1.37. The van der Waals surface area contributed by atoms with E-state index in [2.05, 4.69) is 15.5 Å². The van der Waals surface area contributed by atoms with Crippen LogP contribution in [0.25, 0.3) is 0 Å². The molecule has 7 nitrogen and oxygen atoms in total. The highest BCUT2D eigenvalue weighted by Crippen LogP contribution is 2.29. The third-order valence-corrected chi connectivity index (χ3v) is 6.28. The Morgan fingerprint density at radius 1 is 1.45 bits per heavy atom. The molecule has 0 radical (unpaired) electrons. The van der Waals surface area contributed by atoms with Crippen molar-refractivity contribution in [3.8, 4) is 0 Å². The van der Waals surface area contributed by atoms with Crippen LogP contribution in [-0.2, 0) is 14.6 Å². The lowest BCUT2D eigenvalue weighted by atomic mass is 10.0. The van der Waals surface area contributed by atoms with Gasteiger partial charge >= 0.3 is 0 Å². The number of rotatable bonds is 6. The second-order valence-corrected chi connectivity index (χ2v) is 9.24. The molecule has 124 valence electrons. The van der Waals surface area contributed by atoms with E-state index in [0.717, 1.165) is 18.2 Å². The lowest BCUT2D eigenvalue weighted by Gasteiger charge is -2.24. The third kappa shape index (κ3) is 4.70. The van der Waals surface area contributed by atoms with Crippen molar-refractivity contribution in [1.29, 1.82) is 0 Å². The van der Waals surface area contributed by atoms with Crippen molar-refractivity contribution in [2.24, 2.45) is 0 Å². The minimum atomic E-state index is -2.98. The second-order valence-electron chi connectivity index (χ2n) is 6.08. The average Bonchev–Trinajstić information content (AvgIpc) is 3.02. The first-order valence-corrected chi connectivity index (χ1v) is 9.99. The zero-order valence-corrected chi connectivity index (χ0v) is 14.6. The zero-order chi connectivity index (χ0) is 16.4. The number of amides is 1. The first-order valence-electron chi connectivity index (χ1n) is 7.18. The fourth-order valence-corrected chi connectivity index (χ4v) is 4.36. The molecule has 1 saturated heterocycles. The van der Waals surface area contributed by atoms with Gasteiger partial charge in [-0.2, -0.15) is 0 Å². The summed E-state index contributed by atoms with van der Waals surface area (Å²) in [5.41, 5.74) is -0.240. The molecule has 1 atom stereocenters. The minimum absolute atomic E-state index is 0.0600. The Labute approximate surface area is 134 Å². The van der Waals surface area contributed by atoms with E-state index < -0.39 is 9.84 Å². The first kappa shape index (κ1) is 17.3. The third-order valence-electron chi connectivity index (χ3n) is 3.69. The van der Waals surface area contributed by atoms with E-state index in [9.17, 15) is 13.2 Å². The minimum Gasteiger partial charge on any atom is -0.416 e. The van der Waals surface area contributed by atoms with E-state index in [0.29, 0.717) is 17.5 Å². The maximum atomic E-state index is 11.8. The van der Waals surface area contributed by atoms with Crippen molar-refractivity contribution >= 4 is 27.5 Å². The molecule has 0 unspecified atom stereocenters. The smallest absolute Gasteiger partial charge is 0.277 e. The van der Waals surface area contributed by atoms with Crippen molar-refractivity contribution in [3.63, 3.8) is 0 Å². The Bertz CT molecular complexity index is 639. The molecule has 1 aromatic heterocycles. The molecule has 0 aliphatic carbocycles. The maximum absolute atomic E-state index is 11.8. The van der Waals surface area contributed by atoms with Gasteiger partial charge in [-0.25, -0.2) is 8.42 Å². The molecule has 1 aliphatic rings. The van der Waals surface area contributed by atoms with Crippen LogP contribution in [-0.4, -0.2) is 47.3 Å². The summed E-state index contributed by atoms with van der Waals surface area (Å²) in [5.74, 6) is 0.438. The first-order chi connectivity index (χ1) is 10.2. The van der Waals surface area contributed by atoms with Crippen LogP contribution in [0.15, 0.2) is 9.64 Å². The van der Waals surface area contributed by atoms with Gasteiger partial charge in [-0.05, 0) is 26.7 Å². The maximum Gasteiger partial charge on any atom is 0.277 e. The number of carbonyl (C=O) groups excluding carboxylic acids is 1. The molecule has 2 heterocycles. The fraction of sp³-hybridized carbons (Fsp3) is 0.769. The van der Waals surface area contributed by atoms with Gasteiger partial charge in [0.1, 0.15) is 0 Å². The van der Waals surface area contributed by atoms with E-state index in [-0.39, 0.29) is 34.6 Å². The molecule has 1 aliphatic heterocycles. The van der Waals surface area contributed by atoms with Gasteiger partial charge in [-0.15, -0.1) is 10.2 Å². The molecule has 0 bridgehead atoms. The van der Waals surface area contributed by atoms with Crippen LogP contribution in [0.4, 0.5) is 0 Å². The van der Waals surface area contributed by atoms with Gasteiger partial charge in [-0.3, -0.25) is 4.79 Å². The van der Waals surface area contributed by atoms with Crippen LogP contribution in [0.2, 0.25) is 0 Å². The number of thioether (sulfide) groups is 1. The number of carbonyl (C=O) groups is 1. The van der Waals surface area contributed by atoms with E-state index >= 15 is 0 Å². The molecule has 1 N–H and O–H groups in total. The summed E-state index contributed by atoms with van der Waals surface area (Å²) in [6.45, 7) is 5.93. The number of hydrogen-bond acceptors (Lipinski definition) is 7. The second kappa shape index (κ2) is 6.57. The molecular formula is C13H21N3O4S2. The summed E-state index contributed by atoms with van der Waals surface area (Å²) < 4.78 is 28.4.